The zero-order chi connectivity index (χ0) is 21.5. The molecule has 11 nitrogen and oxygen atoms in total. The number of nitro groups is 1. The highest BCUT2D eigenvalue weighted by Gasteiger charge is 2.39. The first-order valence-corrected chi connectivity index (χ1v) is 8.82. The van der Waals surface area contributed by atoms with Gasteiger partial charge in [0.2, 0.25) is 0 Å². The van der Waals surface area contributed by atoms with Gasteiger partial charge in [0.1, 0.15) is 22.3 Å². The lowest BCUT2D eigenvalue weighted by Gasteiger charge is -2.28. The first kappa shape index (κ1) is 20.6. The second kappa shape index (κ2) is 7.35. The molecule has 1 aliphatic rings. The summed E-state index contributed by atoms with van der Waals surface area (Å²) in [6.07, 6.45) is 0. The highest BCUT2D eigenvalue weighted by Crippen LogP contribution is 2.36. The minimum atomic E-state index is -1.25. The summed E-state index contributed by atoms with van der Waals surface area (Å²) in [5.74, 6) is -1.41. The molecule has 154 valence electrons. The van der Waals surface area contributed by atoms with Crippen molar-refractivity contribution in [1.29, 1.82) is 5.41 Å². The van der Waals surface area contributed by atoms with E-state index in [-0.39, 0.29) is 21.8 Å². The van der Waals surface area contributed by atoms with Crippen LogP contribution in [0.1, 0.15) is 19.6 Å². The smallest absolute Gasteiger partial charge is 0.403 e. The Morgan fingerprint density at radius 1 is 1.38 bits per heavy atom. The number of hydrogen-bond acceptors (Lipinski definition) is 9. The highest BCUT2D eigenvalue weighted by molar-refractivity contribution is 9.10. The summed E-state index contributed by atoms with van der Waals surface area (Å²) in [7, 11) is 0. The van der Waals surface area contributed by atoms with Crippen molar-refractivity contribution in [3.63, 3.8) is 0 Å². The molecule has 3 rings (SSSR count). The van der Waals surface area contributed by atoms with Crippen molar-refractivity contribution in [2.24, 2.45) is 11.5 Å². The monoisotopic (exact) mass is 470 g/mol. The summed E-state index contributed by atoms with van der Waals surface area (Å²) >= 11 is 3.07. The normalized spacial score (nSPS) is 14.6. The summed E-state index contributed by atoms with van der Waals surface area (Å²) in [6, 6.07) is 6.55. The van der Waals surface area contributed by atoms with Gasteiger partial charge in [-0.1, -0.05) is 5.23 Å². The van der Waals surface area contributed by atoms with Crippen molar-refractivity contribution in [2.45, 2.75) is 19.4 Å². The van der Waals surface area contributed by atoms with E-state index in [1.807, 2.05) is 0 Å². The van der Waals surface area contributed by atoms with Crippen LogP contribution >= 0.6 is 15.9 Å². The predicted octanol–water partition coefficient (Wildman–Crippen LogP) is 2.99. The molecule has 2 aromatic rings. The number of benzene rings is 1. The zero-order valence-corrected chi connectivity index (χ0v) is 16.8. The molecule has 2 heterocycles. The molecule has 13 heteroatoms. The predicted molar refractivity (Wildman–Crippen MR) is 102 cm³/mol. The lowest BCUT2D eigenvalue weighted by molar-refractivity contribution is -0.405. The Balaban J connectivity index is 1.90. The van der Waals surface area contributed by atoms with Crippen molar-refractivity contribution in [3.8, 4) is 0 Å². The van der Waals surface area contributed by atoms with Gasteiger partial charge < -0.3 is 15.9 Å². The fourth-order valence-electron chi connectivity index (χ4n) is 2.45. The van der Waals surface area contributed by atoms with Crippen LogP contribution in [0.4, 0.5) is 16.0 Å². The third-order valence-electron chi connectivity index (χ3n) is 3.87. The van der Waals surface area contributed by atoms with Crippen LogP contribution < -0.4 is 16.5 Å². The Morgan fingerprint density at radius 3 is 2.62 bits per heavy atom. The average Bonchev–Trinajstić information content (AvgIpc) is 3.24. The lowest BCUT2D eigenvalue weighted by atomic mass is 10.1. The summed E-state index contributed by atoms with van der Waals surface area (Å²) < 4.78 is 18.9. The van der Waals surface area contributed by atoms with Gasteiger partial charge in [-0.2, -0.15) is 5.06 Å². The summed E-state index contributed by atoms with van der Waals surface area (Å²) in [4.78, 5) is 21.4. The number of rotatable bonds is 6. The number of nitrogens with two attached hydrogens (primary N) is 2. The number of hydrogen-bond donors (Lipinski definition) is 3. The molecule has 0 atom stereocenters. The molecule has 0 bridgehead atoms. The van der Waals surface area contributed by atoms with Gasteiger partial charge in [0.25, 0.3) is 0 Å². The van der Waals surface area contributed by atoms with Crippen molar-refractivity contribution in [2.75, 3.05) is 5.06 Å². The number of halogens is 2. The first-order chi connectivity index (χ1) is 13.5. The minimum Gasteiger partial charge on any atom is -0.403 e. The number of amidine groups is 1. The summed E-state index contributed by atoms with van der Waals surface area (Å²) in [6.45, 7) is 3.13. The van der Waals surface area contributed by atoms with Crippen LogP contribution in [0.15, 0.2) is 50.7 Å². The molecule has 0 saturated heterocycles. The molecular formula is C16H16BrFN6O5. The molecule has 5 N–H and O–H groups in total. The fraction of sp³-hybridized carbons (Fsp3) is 0.188. The van der Waals surface area contributed by atoms with Gasteiger partial charge in [0.05, 0.1) is 16.2 Å². The minimum absolute atomic E-state index is 0.0373. The van der Waals surface area contributed by atoms with Crippen LogP contribution in [-0.4, -0.2) is 16.0 Å². The molecule has 0 saturated carbocycles. The molecule has 1 aromatic carbocycles. The molecule has 0 spiro atoms. The molecule has 0 unspecified atom stereocenters. The van der Waals surface area contributed by atoms with Crippen LogP contribution in [0, 0.1) is 21.3 Å². The third-order valence-corrected chi connectivity index (χ3v) is 4.48. The van der Waals surface area contributed by atoms with Gasteiger partial charge in [-0.05, 0) is 54.0 Å². The van der Waals surface area contributed by atoms with Crippen LogP contribution in [0.3, 0.4) is 0 Å². The Kier molecular flexibility index (Phi) is 5.21. The second-order valence-corrected chi connectivity index (χ2v) is 7.23. The number of nitrogens with one attached hydrogen (secondary N) is 1. The second-order valence-electron chi connectivity index (χ2n) is 6.38. The molecule has 0 amide bonds. The van der Waals surface area contributed by atoms with E-state index in [4.69, 9.17) is 31.1 Å². The van der Waals surface area contributed by atoms with E-state index in [2.05, 4.69) is 15.9 Å². The van der Waals surface area contributed by atoms with E-state index in [1.165, 1.54) is 30.3 Å². The molecule has 0 aliphatic carbocycles. The maximum Gasteiger partial charge on any atom is 0.433 e. The van der Waals surface area contributed by atoms with Crippen molar-refractivity contribution in [3.05, 3.63) is 68.0 Å². The Labute approximate surface area is 171 Å². The van der Waals surface area contributed by atoms with Crippen LogP contribution in [0.5, 0.6) is 0 Å². The number of furan rings is 1. The topological polar surface area (TPSA) is 157 Å². The number of nitrogens with zero attached hydrogens (tertiary/aromatic N) is 3. The standard InChI is InChI=1S/C16H16BrFN6O5/c1-16(2,11-5-6-12(27-11)23(25)26)28-24-15(21)13(14(19)20)22(29-24)8-3-4-10(18)9(17)7-8/h3-7H,21H2,1-2H3,(H3,19,20). The molecular weight excluding hydrogens is 455 g/mol. The van der Waals surface area contributed by atoms with Crippen molar-refractivity contribution >= 4 is 33.3 Å². The van der Waals surface area contributed by atoms with E-state index < -0.39 is 28.1 Å². The van der Waals surface area contributed by atoms with Gasteiger partial charge >= 0.3 is 5.88 Å². The van der Waals surface area contributed by atoms with Crippen molar-refractivity contribution < 1.29 is 23.5 Å². The molecule has 0 radical (unpaired) electrons. The Bertz CT molecular complexity index is 1020. The average molecular weight is 471 g/mol. The molecule has 1 aromatic heterocycles. The van der Waals surface area contributed by atoms with Gasteiger partial charge in [-0.25, -0.2) is 9.23 Å². The Morgan fingerprint density at radius 2 is 2.07 bits per heavy atom. The van der Waals surface area contributed by atoms with Crippen LogP contribution in [0.25, 0.3) is 0 Å². The van der Waals surface area contributed by atoms with E-state index in [9.17, 15) is 14.5 Å². The Hall–Kier alpha value is -3.16. The van der Waals surface area contributed by atoms with E-state index in [0.29, 0.717) is 5.69 Å². The molecule has 1 aliphatic heterocycles. The quantitative estimate of drug-likeness (QED) is 0.249. The van der Waals surface area contributed by atoms with Gasteiger partial charge in [0.15, 0.2) is 17.1 Å². The van der Waals surface area contributed by atoms with Crippen molar-refractivity contribution in [1.82, 2.24) is 5.23 Å². The summed E-state index contributed by atoms with van der Waals surface area (Å²) in [5.41, 5.74) is 10.7. The van der Waals surface area contributed by atoms with Gasteiger partial charge in [-0.15, -0.1) is 4.94 Å². The SMILES string of the molecule is CC(C)(ON1ON(c2ccc(F)c(Br)c2)C(C(=N)N)=C1N)c1ccc([N+](=O)[O-])o1. The largest absolute Gasteiger partial charge is 0.433 e. The third kappa shape index (κ3) is 3.87. The zero-order valence-electron chi connectivity index (χ0n) is 15.2. The lowest BCUT2D eigenvalue weighted by Crippen LogP contribution is -2.35. The summed E-state index contributed by atoms with van der Waals surface area (Å²) in [5, 5.41) is 20.5. The maximum absolute atomic E-state index is 13.6. The van der Waals surface area contributed by atoms with Crippen LogP contribution in [-0.2, 0) is 15.4 Å². The fourth-order valence-corrected chi connectivity index (χ4v) is 2.82. The molecule has 0 fully saturated rings. The van der Waals surface area contributed by atoms with Gasteiger partial charge in [-0.3, -0.25) is 15.5 Å². The van der Waals surface area contributed by atoms with E-state index in [0.717, 1.165) is 10.3 Å². The van der Waals surface area contributed by atoms with E-state index in [1.54, 1.807) is 13.8 Å². The number of hydroxylamine groups is 3. The first-order valence-electron chi connectivity index (χ1n) is 8.02. The van der Waals surface area contributed by atoms with Crippen LogP contribution in [0.2, 0.25) is 0 Å². The van der Waals surface area contributed by atoms with Gasteiger partial charge in [0, 0.05) is 0 Å². The number of anilines is 1. The molecule has 29 heavy (non-hydrogen) atoms. The maximum atomic E-state index is 13.6. The highest BCUT2D eigenvalue weighted by atomic mass is 79.9. The van der Waals surface area contributed by atoms with E-state index >= 15 is 0 Å².